The number of aliphatic imine (C=N–C) groups is 1. The lowest BCUT2D eigenvalue weighted by molar-refractivity contribution is -0.116. The molecule has 3 N–H and O–H groups in total. The van der Waals surface area contributed by atoms with Crippen molar-refractivity contribution < 1.29 is 9.53 Å². The summed E-state index contributed by atoms with van der Waals surface area (Å²) in [6.07, 6.45) is 5.02. The fourth-order valence-electron chi connectivity index (χ4n) is 2.53. The van der Waals surface area contributed by atoms with E-state index in [1.807, 2.05) is 31.2 Å². The summed E-state index contributed by atoms with van der Waals surface area (Å²) in [5.41, 5.74) is 1.92. The van der Waals surface area contributed by atoms with E-state index < -0.39 is 0 Å². The Morgan fingerprint density at radius 2 is 2.11 bits per heavy atom. The Balaban J connectivity index is 0.00000364. The molecule has 0 heterocycles. The number of guanidine groups is 1. The van der Waals surface area contributed by atoms with Crippen molar-refractivity contribution >= 4 is 41.5 Å². The van der Waals surface area contributed by atoms with Crippen LogP contribution in [0.1, 0.15) is 44.6 Å². The third-order valence-corrected chi connectivity index (χ3v) is 4.18. The average Bonchev–Trinajstić information content (AvgIpc) is 3.45. The van der Waals surface area contributed by atoms with Crippen molar-refractivity contribution in [3.05, 3.63) is 29.8 Å². The van der Waals surface area contributed by atoms with Crippen LogP contribution in [-0.2, 0) is 16.1 Å². The first-order valence-electron chi connectivity index (χ1n) is 9.62. The summed E-state index contributed by atoms with van der Waals surface area (Å²) in [5.74, 6) is 1.64. The predicted octanol–water partition coefficient (Wildman–Crippen LogP) is 3.52. The predicted molar refractivity (Wildman–Crippen MR) is 122 cm³/mol. The molecule has 0 aliphatic heterocycles. The third kappa shape index (κ3) is 10.5. The number of nitrogens with one attached hydrogen (secondary N) is 3. The molecule has 1 saturated carbocycles. The molecular weight excluding hydrogens is 455 g/mol. The highest BCUT2D eigenvalue weighted by molar-refractivity contribution is 14.0. The van der Waals surface area contributed by atoms with Gasteiger partial charge in [0.25, 0.3) is 0 Å². The summed E-state index contributed by atoms with van der Waals surface area (Å²) >= 11 is 0. The number of carbonyl (C=O) groups excluding carboxylic acids is 1. The number of hydrogen-bond donors (Lipinski definition) is 3. The van der Waals surface area contributed by atoms with E-state index in [9.17, 15) is 4.79 Å². The zero-order chi connectivity index (χ0) is 18.6. The van der Waals surface area contributed by atoms with Crippen LogP contribution in [0.5, 0.6) is 0 Å². The number of anilines is 1. The van der Waals surface area contributed by atoms with Gasteiger partial charge in [0.2, 0.25) is 5.91 Å². The topological polar surface area (TPSA) is 74.8 Å². The molecule has 0 spiro atoms. The van der Waals surface area contributed by atoms with Gasteiger partial charge < -0.3 is 20.7 Å². The first-order valence-corrected chi connectivity index (χ1v) is 9.62. The summed E-state index contributed by atoms with van der Waals surface area (Å²) in [7, 11) is 1.76. The monoisotopic (exact) mass is 488 g/mol. The first kappa shape index (κ1) is 23.7. The van der Waals surface area contributed by atoms with Gasteiger partial charge in [-0.3, -0.25) is 9.79 Å². The van der Waals surface area contributed by atoms with Crippen LogP contribution in [0.25, 0.3) is 0 Å². The van der Waals surface area contributed by atoms with Gasteiger partial charge in [0.15, 0.2) is 5.96 Å². The van der Waals surface area contributed by atoms with Crippen molar-refractivity contribution in [1.82, 2.24) is 10.6 Å². The molecule has 0 radical (unpaired) electrons. The maximum atomic E-state index is 11.7. The zero-order valence-corrected chi connectivity index (χ0v) is 18.8. The second-order valence-corrected chi connectivity index (χ2v) is 6.72. The summed E-state index contributed by atoms with van der Waals surface area (Å²) in [6.45, 7) is 5.18. The Labute approximate surface area is 179 Å². The number of hydrogen-bond acceptors (Lipinski definition) is 3. The number of ether oxygens (including phenoxy) is 1. The lowest BCUT2D eigenvalue weighted by Gasteiger charge is -2.13. The Bertz CT molecular complexity index is 591. The highest BCUT2D eigenvalue weighted by Gasteiger charge is 2.20. The molecule has 2 rings (SSSR count). The smallest absolute Gasteiger partial charge is 0.224 e. The molecule has 1 aliphatic carbocycles. The quantitative estimate of drug-likeness (QED) is 0.193. The van der Waals surface area contributed by atoms with Gasteiger partial charge in [-0.1, -0.05) is 19.1 Å². The van der Waals surface area contributed by atoms with E-state index in [0.29, 0.717) is 13.0 Å². The van der Waals surface area contributed by atoms with Gasteiger partial charge >= 0.3 is 0 Å². The van der Waals surface area contributed by atoms with Gasteiger partial charge in [0, 0.05) is 45.5 Å². The van der Waals surface area contributed by atoms with Crippen molar-refractivity contribution in [2.24, 2.45) is 10.9 Å². The van der Waals surface area contributed by atoms with Crippen molar-refractivity contribution in [3.8, 4) is 0 Å². The van der Waals surface area contributed by atoms with Crippen LogP contribution in [0.4, 0.5) is 5.69 Å². The van der Waals surface area contributed by atoms with Crippen LogP contribution in [0.2, 0.25) is 0 Å². The number of carbonyl (C=O) groups is 1. The number of benzene rings is 1. The third-order valence-electron chi connectivity index (χ3n) is 4.18. The molecule has 6 nitrogen and oxygen atoms in total. The summed E-state index contributed by atoms with van der Waals surface area (Å²) in [5, 5.41) is 9.52. The van der Waals surface area contributed by atoms with Gasteiger partial charge in [0.05, 0.1) is 0 Å². The van der Waals surface area contributed by atoms with E-state index in [1.165, 1.54) is 12.8 Å². The molecule has 1 aliphatic rings. The second kappa shape index (κ2) is 13.8. The standard InChI is InChI=1S/C20H32N4O2.HI/c1-3-6-19(25)24-18-8-4-7-17(13-18)14-23-20(21-2)22-11-5-12-26-15-16-9-10-16;/h4,7-8,13,16H,3,5-6,9-12,14-15H2,1-2H3,(H,24,25)(H2,21,22,23);1H. The highest BCUT2D eigenvalue weighted by atomic mass is 127. The van der Waals surface area contributed by atoms with E-state index in [1.54, 1.807) is 7.05 Å². The van der Waals surface area contributed by atoms with E-state index in [2.05, 4.69) is 20.9 Å². The Kier molecular flexibility index (Phi) is 12.1. The minimum Gasteiger partial charge on any atom is -0.381 e. The van der Waals surface area contributed by atoms with Crippen molar-refractivity contribution in [2.45, 2.75) is 45.6 Å². The average molecular weight is 488 g/mol. The normalized spacial score (nSPS) is 13.6. The molecule has 1 aromatic carbocycles. The number of rotatable bonds is 11. The minimum atomic E-state index is 0. The van der Waals surface area contributed by atoms with Gasteiger partial charge in [-0.05, 0) is 49.3 Å². The molecule has 0 bridgehead atoms. The summed E-state index contributed by atoms with van der Waals surface area (Å²) in [6, 6.07) is 7.87. The highest BCUT2D eigenvalue weighted by Crippen LogP contribution is 2.28. The SMILES string of the molecule is CCCC(=O)Nc1cccc(CNC(=NC)NCCCOCC2CC2)c1.I. The van der Waals surface area contributed by atoms with Crippen LogP contribution in [0.3, 0.4) is 0 Å². The molecular formula is C20H33IN4O2. The van der Waals surface area contributed by atoms with Crippen molar-refractivity contribution in [3.63, 3.8) is 0 Å². The zero-order valence-electron chi connectivity index (χ0n) is 16.4. The molecule has 7 heteroatoms. The van der Waals surface area contributed by atoms with Gasteiger partial charge in [-0.25, -0.2) is 0 Å². The lowest BCUT2D eigenvalue weighted by atomic mass is 10.2. The number of amides is 1. The number of halogens is 1. The summed E-state index contributed by atoms with van der Waals surface area (Å²) < 4.78 is 5.63. The van der Waals surface area contributed by atoms with Crippen LogP contribution in [0.15, 0.2) is 29.3 Å². The van der Waals surface area contributed by atoms with Crippen molar-refractivity contribution in [2.75, 3.05) is 32.1 Å². The van der Waals surface area contributed by atoms with Crippen LogP contribution >= 0.6 is 24.0 Å². The largest absolute Gasteiger partial charge is 0.381 e. The van der Waals surface area contributed by atoms with E-state index in [4.69, 9.17) is 4.74 Å². The minimum absolute atomic E-state index is 0. The maximum absolute atomic E-state index is 11.7. The van der Waals surface area contributed by atoms with Crippen molar-refractivity contribution in [1.29, 1.82) is 0 Å². The van der Waals surface area contributed by atoms with Crippen LogP contribution in [0, 0.1) is 5.92 Å². The van der Waals surface area contributed by atoms with E-state index in [0.717, 1.165) is 55.7 Å². The second-order valence-electron chi connectivity index (χ2n) is 6.72. The molecule has 1 aromatic rings. The molecule has 1 amide bonds. The molecule has 0 aromatic heterocycles. The fourth-order valence-corrected chi connectivity index (χ4v) is 2.53. The molecule has 0 saturated heterocycles. The Morgan fingerprint density at radius 3 is 2.81 bits per heavy atom. The first-order chi connectivity index (χ1) is 12.7. The van der Waals surface area contributed by atoms with Crippen LogP contribution < -0.4 is 16.0 Å². The van der Waals surface area contributed by atoms with E-state index >= 15 is 0 Å². The molecule has 0 atom stereocenters. The van der Waals surface area contributed by atoms with E-state index in [-0.39, 0.29) is 29.9 Å². The van der Waals surface area contributed by atoms with Crippen LogP contribution in [-0.4, -0.2) is 38.7 Å². The molecule has 152 valence electrons. The molecule has 1 fully saturated rings. The van der Waals surface area contributed by atoms with Gasteiger partial charge in [-0.2, -0.15) is 0 Å². The number of nitrogens with zero attached hydrogens (tertiary/aromatic N) is 1. The van der Waals surface area contributed by atoms with Gasteiger partial charge in [0.1, 0.15) is 0 Å². The van der Waals surface area contributed by atoms with Gasteiger partial charge in [-0.15, -0.1) is 24.0 Å². The molecule has 27 heavy (non-hydrogen) atoms. The lowest BCUT2D eigenvalue weighted by Crippen LogP contribution is -2.37. The Hall–Kier alpha value is -1.35. The molecule has 0 unspecified atom stereocenters. The summed E-state index contributed by atoms with van der Waals surface area (Å²) in [4.78, 5) is 15.9. The maximum Gasteiger partial charge on any atom is 0.224 e. The Morgan fingerprint density at radius 1 is 1.30 bits per heavy atom. The fraction of sp³-hybridized carbons (Fsp3) is 0.600.